The Morgan fingerprint density at radius 1 is 1.19 bits per heavy atom. The molecular formula is C18H20FNO. The molecule has 0 saturated carbocycles. The standard InChI is InChI=1S/C18H20FNO/c1-13-2-4-14(5-3-13)18-7-6-16(19)10-15(18)12-21-17-8-9-20-11-17/h2-7,10,17,20H,8-9,11-12H2,1H3/t17-/m0/s1. The lowest BCUT2D eigenvalue weighted by Gasteiger charge is -2.14. The minimum Gasteiger partial charge on any atom is -0.372 e. The molecule has 0 bridgehead atoms. The number of benzene rings is 2. The monoisotopic (exact) mass is 285 g/mol. The van der Waals surface area contributed by atoms with E-state index in [1.165, 1.54) is 11.6 Å². The van der Waals surface area contributed by atoms with Gasteiger partial charge >= 0.3 is 0 Å². The molecule has 1 heterocycles. The van der Waals surface area contributed by atoms with Crippen LogP contribution in [0.3, 0.4) is 0 Å². The summed E-state index contributed by atoms with van der Waals surface area (Å²) in [6.07, 6.45) is 1.26. The van der Waals surface area contributed by atoms with Gasteiger partial charge < -0.3 is 10.1 Å². The Balaban J connectivity index is 1.83. The molecule has 1 atom stereocenters. The largest absolute Gasteiger partial charge is 0.372 e. The summed E-state index contributed by atoms with van der Waals surface area (Å²) >= 11 is 0. The Morgan fingerprint density at radius 3 is 2.71 bits per heavy atom. The van der Waals surface area contributed by atoms with Crippen molar-refractivity contribution in [3.05, 3.63) is 59.4 Å². The summed E-state index contributed by atoms with van der Waals surface area (Å²) in [5.41, 5.74) is 4.27. The number of nitrogens with one attached hydrogen (secondary N) is 1. The smallest absolute Gasteiger partial charge is 0.123 e. The van der Waals surface area contributed by atoms with Crippen LogP contribution in [0.5, 0.6) is 0 Å². The number of hydrogen-bond donors (Lipinski definition) is 1. The Hall–Kier alpha value is -1.71. The second-order valence-electron chi connectivity index (χ2n) is 5.59. The minimum absolute atomic E-state index is 0.214. The SMILES string of the molecule is Cc1ccc(-c2ccc(F)cc2CO[C@H]2CCNC2)cc1. The summed E-state index contributed by atoms with van der Waals surface area (Å²) in [7, 11) is 0. The first-order valence-corrected chi connectivity index (χ1v) is 7.40. The van der Waals surface area contributed by atoms with Gasteiger partial charge in [-0.05, 0) is 48.7 Å². The molecule has 1 aliphatic rings. The highest BCUT2D eigenvalue weighted by Crippen LogP contribution is 2.26. The molecule has 0 amide bonds. The third-order valence-corrected chi connectivity index (χ3v) is 3.92. The third kappa shape index (κ3) is 3.49. The van der Waals surface area contributed by atoms with E-state index in [2.05, 4.69) is 36.5 Å². The van der Waals surface area contributed by atoms with Crippen LogP contribution in [0.4, 0.5) is 4.39 Å². The van der Waals surface area contributed by atoms with E-state index in [4.69, 9.17) is 4.74 Å². The molecule has 2 aromatic carbocycles. The molecule has 0 spiro atoms. The summed E-state index contributed by atoms with van der Waals surface area (Å²) < 4.78 is 19.5. The summed E-state index contributed by atoms with van der Waals surface area (Å²) in [4.78, 5) is 0. The number of hydrogen-bond acceptors (Lipinski definition) is 2. The fourth-order valence-electron chi connectivity index (χ4n) is 2.67. The Kier molecular flexibility index (Phi) is 4.32. The van der Waals surface area contributed by atoms with Gasteiger partial charge in [0.25, 0.3) is 0 Å². The highest BCUT2D eigenvalue weighted by molar-refractivity contribution is 5.67. The molecule has 3 rings (SSSR count). The highest BCUT2D eigenvalue weighted by Gasteiger charge is 2.16. The van der Waals surface area contributed by atoms with Crippen LogP contribution in [0.15, 0.2) is 42.5 Å². The Morgan fingerprint density at radius 2 is 2.00 bits per heavy atom. The maximum Gasteiger partial charge on any atom is 0.123 e. The van der Waals surface area contributed by atoms with E-state index in [0.717, 1.165) is 36.2 Å². The van der Waals surface area contributed by atoms with Gasteiger partial charge in [-0.25, -0.2) is 4.39 Å². The van der Waals surface area contributed by atoms with Crippen molar-refractivity contribution in [3.8, 4) is 11.1 Å². The predicted octanol–water partition coefficient (Wildman–Crippen LogP) is 3.68. The number of rotatable bonds is 4. The zero-order valence-electron chi connectivity index (χ0n) is 12.2. The van der Waals surface area contributed by atoms with E-state index >= 15 is 0 Å². The molecule has 1 aliphatic heterocycles. The zero-order chi connectivity index (χ0) is 14.7. The first-order chi connectivity index (χ1) is 10.2. The molecule has 0 radical (unpaired) electrons. The van der Waals surface area contributed by atoms with Gasteiger partial charge in [-0.2, -0.15) is 0 Å². The third-order valence-electron chi connectivity index (χ3n) is 3.92. The number of ether oxygens (including phenoxy) is 1. The molecule has 21 heavy (non-hydrogen) atoms. The van der Waals surface area contributed by atoms with Crippen LogP contribution in [0.25, 0.3) is 11.1 Å². The molecule has 2 nitrogen and oxygen atoms in total. The lowest BCUT2D eigenvalue weighted by molar-refractivity contribution is 0.0543. The summed E-state index contributed by atoms with van der Waals surface area (Å²) in [5, 5.41) is 3.27. The van der Waals surface area contributed by atoms with E-state index in [9.17, 15) is 4.39 Å². The summed E-state index contributed by atoms with van der Waals surface area (Å²) in [6, 6.07) is 13.2. The van der Waals surface area contributed by atoms with Crippen molar-refractivity contribution in [2.24, 2.45) is 0 Å². The molecular weight excluding hydrogens is 265 g/mol. The van der Waals surface area contributed by atoms with Crippen molar-refractivity contribution in [3.63, 3.8) is 0 Å². The van der Waals surface area contributed by atoms with Gasteiger partial charge in [0.15, 0.2) is 0 Å². The van der Waals surface area contributed by atoms with Gasteiger partial charge in [0.2, 0.25) is 0 Å². The van der Waals surface area contributed by atoms with Crippen molar-refractivity contribution < 1.29 is 9.13 Å². The van der Waals surface area contributed by atoms with E-state index in [1.54, 1.807) is 6.07 Å². The second kappa shape index (κ2) is 6.37. The number of aryl methyl sites for hydroxylation is 1. The lowest BCUT2D eigenvalue weighted by Crippen LogP contribution is -2.16. The van der Waals surface area contributed by atoms with E-state index < -0.39 is 0 Å². The van der Waals surface area contributed by atoms with Crippen molar-refractivity contribution in [1.82, 2.24) is 5.32 Å². The molecule has 0 unspecified atom stereocenters. The van der Waals surface area contributed by atoms with Crippen LogP contribution < -0.4 is 5.32 Å². The molecule has 1 saturated heterocycles. The van der Waals surface area contributed by atoms with Crippen LogP contribution in [0.2, 0.25) is 0 Å². The Labute approximate surface area is 125 Å². The van der Waals surface area contributed by atoms with Gasteiger partial charge in [0.05, 0.1) is 12.7 Å². The maximum atomic E-state index is 13.6. The normalized spacial score (nSPS) is 18.1. The summed E-state index contributed by atoms with van der Waals surface area (Å²) in [6.45, 7) is 4.40. The topological polar surface area (TPSA) is 21.3 Å². The van der Waals surface area contributed by atoms with Crippen LogP contribution in [-0.2, 0) is 11.3 Å². The summed E-state index contributed by atoms with van der Waals surface area (Å²) in [5.74, 6) is -0.214. The van der Waals surface area contributed by atoms with Crippen LogP contribution in [-0.4, -0.2) is 19.2 Å². The minimum atomic E-state index is -0.214. The van der Waals surface area contributed by atoms with E-state index in [-0.39, 0.29) is 11.9 Å². The van der Waals surface area contributed by atoms with E-state index in [1.807, 2.05) is 6.07 Å². The van der Waals surface area contributed by atoms with Gasteiger partial charge in [0, 0.05) is 6.54 Å². The molecule has 2 aromatic rings. The van der Waals surface area contributed by atoms with Crippen LogP contribution >= 0.6 is 0 Å². The Bertz CT molecular complexity index is 603. The first kappa shape index (κ1) is 14.2. The van der Waals surface area contributed by atoms with Crippen molar-refractivity contribution in [1.29, 1.82) is 0 Å². The molecule has 3 heteroatoms. The maximum absolute atomic E-state index is 13.6. The quantitative estimate of drug-likeness (QED) is 0.925. The molecule has 110 valence electrons. The first-order valence-electron chi connectivity index (χ1n) is 7.40. The zero-order valence-corrected chi connectivity index (χ0v) is 12.2. The van der Waals surface area contributed by atoms with Crippen molar-refractivity contribution in [2.45, 2.75) is 26.1 Å². The highest BCUT2D eigenvalue weighted by atomic mass is 19.1. The molecule has 0 aromatic heterocycles. The fraction of sp³-hybridized carbons (Fsp3) is 0.333. The number of halogens is 1. The molecule has 1 fully saturated rings. The van der Waals surface area contributed by atoms with Gasteiger partial charge in [-0.3, -0.25) is 0 Å². The van der Waals surface area contributed by atoms with Gasteiger partial charge in [-0.1, -0.05) is 35.9 Å². The van der Waals surface area contributed by atoms with Gasteiger partial charge in [0.1, 0.15) is 5.82 Å². The second-order valence-corrected chi connectivity index (χ2v) is 5.59. The average Bonchev–Trinajstić information content (AvgIpc) is 3.00. The fourth-order valence-corrected chi connectivity index (χ4v) is 2.67. The van der Waals surface area contributed by atoms with E-state index in [0.29, 0.717) is 6.61 Å². The molecule has 0 aliphatic carbocycles. The van der Waals surface area contributed by atoms with Crippen molar-refractivity contribution in [2.75, 3.05) is 13.1 Å². The van der Waals surface area contributed by atoms with Crippen LogP contribution in [0.1, 0.15) is 17.5 Å². The molecule has 1 N–H and O–H groups in total. The van der Waals surface area contributed by atoms with Crippen LogP contribution in [0, 0.1) is 12.7 Å². The lowest BCUT2D eigenvalue weighted by atomic mass is 9.99. The predicted molar refractivity (Wildman–Crippen MR) is 82.6 cm³/mol. The van der Waals surface area contributed by atoms with Crippen molar-refractivity contribution >= 4 is 0 Å². The average molecular weight is 285 g/mol. The van der Waals surface area contributed by atoms with Gasteiger partial charge in [-0.15, -0.1) is 0 Å².